The van der Waals surface area contributed by atoms with Crippen LogP contribution in [0.4, 0.5) is 5.69 Å². The molecule has 0 aliphatic carbocycles. The van der Waals surface area contributed by atoms with Crippen LogP contribution < -0.4 is 9.04 Å². The fourth-order valence-corrected chi connectivity index (χ4v) is 5.36. The van der Waals surface area contributed by atoms with E-state index in [0.29, 0.717) is 12.2 Å². The number of para-hydroxylation sites is 1. The molecule has 0 saturated carbocycles. The van der Waals surface area contributed by atoms with Crippen LogP contribution in [0.5, 0.6) is 5.75 Å². The highest BCUT2D eigenvalue weighted by Gasteiger charge is 2.37. The van der Waals surface area contributed by atoms with Crippen LogP contribution in [-0.4, -0.2) is 21.6 Å². The van der Waals surface area contributed by atoms with Gasteiger partial charge in [-0.05, 0) is 49.6 Å². The molecular weight excluding hydrogens is 378 g/mol. The van der Waals surface area contributed by atoms with Gasteiger partial charge in [0, 0.05) is 10.5 Å². The van der Waals surface area contributed by atoms with Crippen molar-refractivity contribution in [2.45, 2.75) is 31.2 Å². The van der Waals surface area contributed by atoms with Crippen LogP contribution >= 0.6 is 15.9 Å². The molecule has 0 spiro atoms. The van der Waals surface area contributed by atoms with Crippen molar-refractivity contribution in [2.24, 2.45) is 0 Å². The Kier molecular flexibility index (Phi) is 4.14. The zero-order valence-electron chi connectivity index (χ0n) is 13.2. The van der Waals surface area contributed by atoms with Crippen molar-refractivity contribution < 1.29 is 13.2 Å². The summed E-state index contributed by atoms with van der Waals surface area (Å²) in [6.45, 7) is 3.82. The molecule has 1 aliphatic rings. The van der Waals surface area contributed by atoms with E-state index in [-0.39, 0.29) is 10.9 Å². The Balaban J connectivity index is 2.19. The summed E-state index contributed by atoms with van der Waals surface area (Å²) >= 11 is 3.42. The van der Waals surface area contributed by atoms with Crippen molar-refractivity contribution in [3.05, 3.63) is 52.0 Å². The number of hydrogen-bond donors (Lipinski definition) is 0. The quantitative estimate of drug-likeness (QED) is 0.791. The minimum atomic E-state index is -3.70. The number of anilines is 1. The minimum absolute atomic E-state index is 0.123. The summed E-state index contributed by atoms with van der Waals surface area (Å²) < 4.78 is 34.1. The molecule has 2 aromatic carbocycles. The number of ether oxygens (including phenoxy) is 1. The predicted octanol–water partition coefficient (Wildman–Crippen LogP) is 3.91. The smallest absolute Gasteiger partial charge is 0.268 e. The zero-order chi connectivity index (χ0) is 16.8. The van der Waals surface area contributed by atoms with E-state index in [0.717, 1.165) is 21.3 Å². The van der Waals surface area contributed by atoms with E-state index in [4.69, 9.17) is 4.74 Å². The molecular formula is C17H18BrNO3S. The summed E-state index contributed by atoms with van der Waals surface area (Å²) in [5, 5.41) is 0. The zero-order valence-corrected chi connectivity index (χ0v) is 15.6. The number of benzene rings is 2. The summed E-state index contributed by atoms with van der Waals surface area (Å²) in [6.07, 6.45) is 0.713. The number of aryl methyl sites for hydroxylation is 1. The molecule has 2 aromatic rings. The number of rotatable bonds is 3. The van der Waals surface area contributed by atoms with E-state index in [1.54, 1.807) is 12.1 Å². The van der Waals surface area contributed by atoms with Crippen LogP contribution in [0.15, 0.2) is 45.8 Å². The van der Waals surface area contributed by atoms with Gasteiger partial charge in [0.2, 0.25) is 0 Å². The first kappa shape index (κ1) is 16.3. The number of nitrogens with zero attached hydrogens (tertiary/aromatic N) is 1. The second-order valence-electron chi connectivity index (χ2n) is 5.73. The largest absolute Gasteiger partial charge is 0.495 e. The molecule has 0 aromatic heterocycles. The standard InChI is InChI=1S/C17H18BrNO3S/c1-11-8-16(22-3)17(10-14(11)18)23(20,21)19-12(2)9-13-6-4-5-7-15(13)19/h4-8,10,12H,9H2,1-3H3. The molecule has 0 amide bonds. The van der Waals surface area contributed by atoms with Crippen molar-refractivity contribution in [1.82, 2.24) is 0 Å². The molecule has 6 heteroatoms. The van der Waals surface area contributed by atoms with Gasteiger partial charge in [-0.1, -0.05) is 34.1 Å². The van der Waals surface area contributed by atoms with E-state index in [2.05, 4.69) is 15.9 Å². The Hall–Kier alpha value is -1.53. The average molecular weight is 396 g/mol. The number of fused-ring (bicyclic) bond motifs is 1. The first-order valence-electron chi connectivity index (χ1n) is 7.32. The third-order valence-electron chi connectivity index (χ3n) is 4.13. The van der Waals surface area contributed by atoms with Gasteiger partial charge in [0.05, 0.1) is 12.8 Å². The van der Waals surface area contributed by atoms with Gasteiger partial charge < -0.3 is 4.74 Å². The van der Waals surface area contributed by atoms with Crippen molar-refractivity contribution in [3.63, 3.8) is 0 Å². The molecule has 0 saturated heterocycles. The van der Waals surface area contributed by atoms with E-state index in [1.807, 2.05) is 38.1 Å². The number of hydrogen-bond acceptors (Lipinski definition) is 3. The third kappa shape index (κ3) is 2.64. The molecule has 1 unspecified atom stereocenters. The monoisotopic (exact) mass is 395 g/mol. The average Bonchev–Trinajstić information content (AvgIpc) is 2.85. The summed E-state index contributed by atoms with van der Waals surface area (Å²) in [7, 11) is -2.22. The molecule has 0 fully saturated rings. The van der Waals surface area contributed by atoms with Crippen molar-refractivity contribution in [3.8, 4) is 5.75 Å². The highest BCUT2D eigenvalue weighted by atomic mass is 79.9. The Bertz CT molecular complexity index is 864. The van der Waals surface area contributed by atoms with Gasteiger partial charge >= 0.3 is 0 Å². The van der Waals surface area contributed by atoms with Crippen LogP contribution in [0.2, 0.25) is 0 Å². The fraction of sp³-hybridized carbons (Fsp3) is 0.294. The van der Waals surface area contributed by atoms with E-state index in [1.165, 1.54) is 11.4 Å². The Morgan fingerprint density at radius 1 is 1.26 bits per heavy atom. The van der Waals surface area contributed by atoms with E-state index >= 15 is 0 Å². The van der Waals surface area contributed by atoms with Crippen LogP contribution in [-0.2, 0) is 16.4 Å². The number of halogens is 1. The normalized spacial score (nSPS) is 17.2. The van der Waals surface area contributed by atoms with Gasteiger partial charge in [0.15, 0.2) is 0 Å². The third-order valence-corrected chi connectivity index (χ3v) is 6.93. The number of sulfonamides is 1. The van der Waals surface area contributed by atoms with Crippen LogP contribution in [0.1, 0.15) is 18.1 Å². The summed E-state index contributed by atoms with van der Waals surface area (Å²) in [6, 6.07) is 10.9. The maximum absolute atomic E-state index is 13.3. The molecule has 0 radical (unpaired) electrons. The Labute approximate surface area is 145 Å². The maximum Gasteiger partial charge on any atom is 0.268 e. The van der Waals surface area contributed by atoms with Crippen LogP contribution in [0, 0.1) is 6.92 Å². The van der Waals surface area contributed by atoms with Gasteiger partial charge in [0.1, 0.15) is 10.6 Å². The first-order chi connectivity index (χ1) is 10.9. The molecule has 1 heterocycles. The fourth-order valence-electron chi connectivity index (χ4n) is 3.01. The Morgan fingerprint density at radius 3 is 2.65 bits per heavy atom. The lowest BCUT2D eigenvalue weighted by Crippen LogP contribution is -2.36. The highest BCUT2D eigenvalue weighted by Crippen LogP contribution is 2.40. The summed E-state index contributed by atoms with van der Waals surface area (Å²) in [5.41, 5.74) is 2.73. The highest BCUT2D eigenvalue weighted by molar-refractivity contribution is 9.10. The molecule has 0 bridgehead atoms. The van der Waals surface area contributed by atoms with E-state index in [9.17, 15) is 8.42 Å². The van der Waals surface area contributed by atoms with E-state index < -0.39 is 10.0 Å². The molecule has 1 atom stereocenters. The first-order valence-corrected chi connectivity index (χ1v) is 9.56. The molecule has 3 rings (SSSR count). The topological polar surface area (TPSA) is 46.6 Å². The summed E-state index contributed by atoms with van der Waals surface area (Å²) in [5.74, 6) is 0.363. The lowest BCUT2D eigenvalue weighted by Gasteiger charge is -2.25. The molecule has 1 aliphatic heterocycles. The minimum Gasteiger partial charge on any atom is -0.495 e. The van der Waals surface area contributed by atoms with Gasteiger partial charge in [-0.25, -0.2) is 8.42 Å². The molecule has 4 nitrogen and oxygen atoms in total. The van der Waals surface area contributed by atoms with Gasteiger partial charge in [-0.3, -0.25) is 4.31 Å². The lowest BCUT2D eigenvalue weighted by molar-refractivity contribution is 0.402. The number of methoxy groups -OCH3 is 1. The molecule has 122 valence electrons. The SMILES string of the molecule is COc1cc(C)c(Br)cc1S(=O)(=O)N1c2ccccc2CC1C. The maximum atomic E-state index is 13.3. The second kappa shape index (κ2) is 5.83. The lowest BCUT2D eigenvalue weighted by atomic mass is 10.1. The molecule has 23 heavy (non-hydrogen) atoms. The molecule has 0 N–H and O–H groups in total. The van der Waals surface area contributed by atoms with Gasteiger partial charge in [0.25, 0.3) is 10.0 Å². The van der Waals surface area contributed by atoms with Crippen LogP contribution in [0.3, 0.4) is 0 Å². The van der Waals surface area contributed by atoms with Crippen molar-refractivity contribution in [2.75, 3.05) is 11.4 Å². The van der Waals surface area contributed by atoms with Crippen molar-refractivity contribution in [1.29, 1.82) is 0 Å². The van der Waals surface area contributed by atoms with Crippen molar-refractivity contribution >= 4 is 31.6 Å². The van der Waals surface area contributed by atoms with Gasteiger partial charge in [-0.15, -0.1) is 0 Å². The van der Waals surface area contributed by atoms with Crippen LogP contribution in [0.25, 0.3) is 0 Å². The Morgan fingerprint density at radius 2 is 1.96 bits per heavy atom. The summed E-state index contributed by atoms with van der Waals surface area (Å²) in [4.78, 5) is 0.182. The predicted molar refractivity (Wildman–Crippen MR) is 94.7 cm³/mol. The second-order valence-corrected chi connectivity index (χ2v) is 8.37. The van der Waals surface area contributed by atoms with Gasteiger partial charge in [-0.2, -0.15) is 0 Å².